The number of likely N-dealkylation sites (N-methyl/N-ethyl adjacent to an activating group) is 1. The molecule has 124 valence electrons. The first kappa shape index (κ1) is 17.4. The van der Waals surface area contributed by atoms with Crippen LogP contribution in [0.4, 0.5) is 11.4 Å². The van der Waals surface area contributed by atoms with E-state index in [4.69, 9.17) is 0 Å². The van der Waals surface area contributed by atoms with Gasteiger partial charge in [0.25, 0.3) is 15.7 Å². The van der Waals surface area contributed by atoms with Gasteiger partial charge in [0.2, 0.25) is 0 Å². The fraction of sp³-hybridized carbons (Fsp3) is 0.286. The van der Waals surface area contributed by atoms with Crippen LogP contribution in [0.2, 0.25) is 0 Å². The number of hydrogen-bond donors (Lipinski definition) is 1. The van der Waals surface area contributed by atoms with Gasteiger partial charge in [0.05, 0.1) is 4.92 Å². The maximum atomic E-state index is 12.2. The zero-order valence-corrected chi connectivity index (χ0v) is 14.4. The van der Waals surface area contributed by atoms with E-state index in [0.717, 1.165) is 5.69 Å². The van der Waals surface area contributed by atoms with E-state index in [9.17, 15) is 18.5 Å². The molecular weight excluding hydrogens is 338 g/mol. The van der Waals surface area contributed by atoms with Crippen molar-refractivity contribution < 1.29 is 13.3 Å². The number of benzene rings is 1. The van der Waals surface area contributed by atoms with Crippen molar-refractivity contribution in [3.8, 4) is 0 Å². The first-order valence-corrected chi connectivity index (χ1v) is 9.13. The van der Waals surface area contributed by atoms with E-state index in [1.807, 2.05) is 0 Å². The van der Waals surface area contributed by atoms with Crippen LogP contribution in [0, 0.1) is 17.0 Å². The fourth-order valence-electron chi connectivity index (χ4n) is 2.01. The van der Waals surface area contributed by atoms with Gasteiger partial charge in [-0.15, -0.1) is 11.3 Å². The number of nitrogens with one attached hydrogen (secondary N) is 1. The molecule has 0 aliphatic carbocycles. The molecule has 1 N–H and O–H groups in total. The van der Waals surface area contributed by atoms with Crippen LogP contribution < -0.4 is 5.32 Å². The Morgan fingerprint density at radius 3 is 2.65 bits per heavy atom. The van der Waals surface area contributed by atoms with E-state index in [1.54, 1.807) is 36.6 Å². The number of hydrogen-bond acceptors (Lipinski definition) is 6. The van der Waals surface area contributed by atoms with Gasteiger partial charge in [0.1, 0.15) is 4.21 Å². The first-order chi connectivity index (χ1) is 10.8. The summed E-state index contributed by atoms with van der Waals surface area (Å²) in [6, 6.07) is 7.99. The second-order valence-electron chi connectivity index (χ2n) is 4.94. The van der Waals surface area contributed by atoms with E-state index >= 15 is 0 Å². The summed E-state index contributed by atoms with van der Waals surface area (Å²) in [7, 11) is -1.93. The highest BCUT2D eigenvalue weighted by Gasteiger charge is 2.21. The maximum absolute atomic E-state index is 12.2. The maximum Gasteiger partial charge on any atom is 0.272 e. The van der Waals surface area contributed by atoms with Crippen LogP contribution in [0.5, 0.6) is 0 Å². The Morgan fingerprint density at radius 2 is 2.09 bits per heavy atom. The molecule has 2 aromatic rings. The van der Waals surface area contributed by atoms with Gasteiger partial charge in [-0.25, -0.2) is 8.42 Å². The summed E-state index contributed by atoms with van der Waals surface area (Å²) in [5, 5.41) is 15.6. The lowest BCUT2D eigenvalue weighted by molar-refractivity contribution is -0.385. The van der Waals surface area contributed by atoms with E-state index in [1.165, 1.54) is 28.8 Å². The lowest BCUT2D eigenvalue weighted by Crippen LogP contribution is -2.31. The van der Waals surface area contributed by atoms with Crippen molar-refractivity contribution in [2.24, 2.45) is 0 Å². The summed E-state index contributed by atoms with van der Waals surface area (Å²) >= 11 is 1.18. The second kappa shape index (κ2) is 7.07. The molecule has 1 aromatic heterocycles. The monoisotopic (exact) mass is 355 g/mol. The Labute approximate surface area is 138 Å². The zero-order chi connectivity index (χ0) is 17.0. The molecule has 0 unspecified atom stereocenters. The van der Waals surface area contributed by atoms with Gasteiger partial charge in [-0.2, -0.15) is 4.31 Å². The highest BCUT2D eigenvalue weighted by molar-refractivity contribution is 7.91. The Hall–Kier alpha value is -1.97. The van der Waals surface area contributed by atoms with Crippen LogP contribution in [-0.4, -0.2) is 37.8 Å². The van der Waals surface area contributed by atoms with Crippen LogP contribution in [0.1, 0.15) is 5.56 Å². The summed E-state index contributed by atoms with van der Waals surface area (Å²) in [5.41, 5.74) is 1.34. The molecule has 9 heteroatoms. The number of nitro benzene ring substituents is 1. The Balaban J connectivity index is 1.95. The van der Waals surface area contributed by atoms with E-state index < -0.39 is 14.9 Å². The third-order valence-electron chi connectivity index (χ3n) is 3.31. The number of nitro groups is 1. The minimum atomic E-state index is -3.45. The smallest absolute Gasteiger partial charge is 0.272 e. The molecule has 1 heterocycles. The minimum absolute atomic E-state index is 0.0629. The topological polar surface area (TPSA) is 92.6 Å². The Kier molecular flexibility index (Phi) is 5.34. The average molecular weight is 355 g/mol. The summed E-state index contributed by atoms with van der Waals surface area (Å²) in [4.78, 5) is 10.3. The van der Waals surface area contributed by atoms with Crippen LogP contribution in [0.15, 0.2) is 39.9 Å². The largest absolute Gasteiger partial charge is 0.384 e. The summed E-state index contributed by atoms with van der Waals surface area (Å²) in [6.07, 6.45) is 0. The van der Waals surface area contributed by atoms with Crippen molar-refractivity contribution in [3.63, 3.8) is 0 Å². The van der Waals surface area contributed by atoms with Gasteiger partial charge in [-0.3, -0.25) is 10.1 Å². The first-order valence-electron chi connectivity index (χ1n) is 6.81. The van der Waals surface area contributed by atoms with Crippen molar-refractivity contribution >= 4 is 32.7 Å². The number of thiophene rings is 1. The fourth-order valence-corrected chi connectivity index (χ4v) is 4.38. The highest BCUT2D eigenvalue weighted by Crippen LogP contribution is 2.22. The quantitative estimate of drug-likeness (QED) is 0.609. The molecule has 0 atom stereocenters. The second-order valence-corrected chi connectivity index (χ2v) is 8.16. The van der Waals surface area contributed by atoms with E-state index in [2.05, 4.69) is 5.32 Å². The standard InChI is InChI=1S/C14H17N3O4S2/c1-11-10-12(5-6-13(11)17(18)19)15-7-8-16(2)23(20,21)14-4-3-9-22-14/h3-6,9-10,15H,7-8H2,1-2H3. The predicted octanol–water partition coefficient (Wildman–Crippen LogP) is 2.70. The number of sulfonamides is 1. The summed E-state index contributed by atoms with van der Waals surface area (Å²) < 4.78 is 26.1. The SMILES string of the molecule is Cc1cc(NCCN(C)S(=O)(=O)c2cccs2)ccc1[N+](=O)[O-]. The van der Waals surface area contributed by atoms with Crippen LogP contribution in [0.3, 0.4) is 0 Å². The lowest BCUT2D eigenvalue weighted by atomic mass is 10.2. The molecule has 0 amide bonds. The van der Waals surface area contributed by atoms with Crippen LogP contribution >= 0.6 is 11.3 Å². The van der Waals surface area contributed by atoms with Crippen molar-refractivity contribution in [1.82, 2.24) is 4.31 Å². The van der Waals surface area contributed by atoms with E-state index in [0.29, 0.717) is 16.3 Å². The summed E-state index contributed by atoms with van der Waals surface area (Å²) in [5.74, 6) is 0. The Bertz CT molecular complexity index is 788. The van der Waals surface area contributed by atoms with Gasteiger partial charge < -0.3 is 5.32 Å². The molecule has 0 saturated carbocycles. The van der Waals surface area contributed by atoms with E-state index in [-0.39, 0.29) is 12.2 Å². The van der Waals surface area contributed by atoms with Crippen molar-refractivity contribution in [2.45, 2.75) is 11.1 Å². The molecular formula is C14H17N3O4S2. The molecule has 0 saturated heterocycles. The molecule has 0 radical (unpaired) electrons. The molecule has 1 aromatic carbocycles. The average Bonchev–Trinajstić information content (AvgIpc) is 3.01. The normalized spacial score (nSPS) is 11.6. The van der Waals surface area contributed by atoms with Crippen molar-refractivity contribution in [2.75, 3.05) is 25.5 Å². The van der Waals surface area contributed by atoms with Gasteiger partial charge >= 0.3 is 0 Å². The van der Waals surface area contributed by atoms with Crippen molar-refractivity contribution in [1.29, 1.82) is 0 Å². The third kappa shape index (κ3) is 4.06. The van der Waals surface area contributed by atoms with Gasteiger partial charge in [-0.05, 0) is 30.5 Å². The predicted molar refractivity (Wildman–Crippen MR) is 90.5 cm³/mol. The minimum Gasteiger partial charge on any atom is -0.384 e. The number of aryl methyl sites for hydroxylation is 1. The molecule has 0 aliphatic rings. The zero-order valence-electron chi connectivity index (χ0n) is 12.7. The Morgan fingerprint density at radius 1 is 1.35 bits per heavy atom. The lowest BCUT2D eigenvalue weighted by Gasteiger charge is -2.16. The molecule has 0 bridgehead atoms. The molecule has 7 nitrogen and oxygen atoms in total. The van der Waals surface area contributed by atoms with Gasteiger partial charge in [0.15, 0.2) is 0 Å². The molecule has 0 aliphatic heterocycles. The molecule has 2 rings (SSSR count). The van der Waals surface area contributed by atoms with Crippen LogP contribution in [-0.2, 0) is 10.0 Å². The number of nitrogens with zero attached hydrogens (tertiary/aromatic N) is 2. The number of rotatable bonds is 7. The van der Waals surface area contributed by atoms with Crippen LogP contribution in [0.25, 0.3) is 0 Å². The molecule has 0 fully saturated rings. The molecule has 23 heavy (non-hydrogen) atoms. The highest BCUT2D eigenvalue weighted by atomic mass is 32.2. The third-order valence-corrected chi connectivity index (χ3v) is 6.54. The van der Waals surface area contributed by atoms with Crippen molar-refractivity contribution in [3.05, 3.63) is 51.4 Å². The summed E-state index contributed by atoms with van der Waals surface area (Å²) in [6.45, 7) is 2.35. The molecule has 0 spiro atoms. The van der Waals surface area contributed by atoms with Gasteiger partial charge in [0, 0.05) is 37.5 Å². The number of anilines is 1. The van der Waals surface area contributed by atoms with Gasteiger partial charge in [-0.1, -0.05) is 6.07 Å².